The van der Waals surface area contributed by atoms with Crippen LogP contribution in [-0.4, -0.2) is 4.98 Å². The number of aryl methyl sites for hydroxylation is 3. The van der Waals surface area contributed by atoms with Crippen LogP contribution in [0.5, 0.6) is 0 Å². The fourth-order valence-corrected chi connectivity index (χ4v) is 1.78. The molecule has 0 unspecified atom stereocenters. The van der Waals surface area contributed by atoms with Crippen LogP contribution in [0.2, 0.25) is 0 Å². The lowest BCUT2D eigenvalue weighted by atomic mass is 10.3. The van der Waals surface area contributed by atoms with Gasteiger partial charge in [-0.3, -0.25) is 0 Å². The van der Waals surface area contributed by atoms with Gasteiger partial charge in [0.2, 0.25) is 0 Å². The van der Waals surface area contributed by atoms with E-state index in [2.05, 4.69) is 25.8 Å². The van der Waals surface area contributed by atoms with Crippen molar-refractivity contribution >= 4 is 11.3 Å². The number of thiazole rings is 1. The highest BCUT2D eigenvalue weighted by atomic mass is 32.1. The van der Waals surface area contributed by atoms with E-state index in [0.717, 1.165) is 6.42 Å². The van der Waals surface area contributed by atoms with Crippen LogP contribution in [0, 0.1) is 13.8 Å². The Morgan fingerprint density at radius 1 is 1.08 bits per heavy atom. The largest absolute Gasteiger partial charge is 0.247 e. The van der Waals surface area contributed by atoms with Crippen molar-refractivity contribution < 1.29 is 0 Å². The van der Waals surface area contributed by atoms with E-state index >= 15 is 0 Å². The second-order valence-corrected chi connectivity index (χ2v) is 3.38. The normalized spacial score (nSPS) is 7.92. The number of hydrogen-bond acceptors (Lipinski definition) is 2. The average Bonchev–Trinajstić information content (AvgIpc) is 2.51. The van der Waals surface area contributed by atoms with E-state index in [0.29, 0.717) is 0 Å². The highest BCUT2D eigenvalue weighted by Crippen LogP contribution is 2.16. The molecular formula is C11H23NS. The van der Waals surface area contributed by atoms with E-state index in [4.69, 9.17) is 0 Å². The smallest absolute Gasteiger partial charge is 0.0900 e. The summed E-state index contributed by atoms with van der Waals surface area (Å²) in [6, 6.07) is 0. The highest BCUT2D eigenvalue weighted by Gasteiger charge is 1.99. The molecule has 0 atom stereocenters. The van der Waals surface area contributed by atoms with Gasteiger partial charge in [0.05, 0.1) is 10.7 Å². The third-order valence-electron chi connectivity index (χ3n) is 1.32. The van der Waals surface area contributed by atoms with E-state index in [9.17, 15) is 0 Å². The maximum atomic E-state index is 4.30. The maximum absolute atomic E-state index is 4.30. The minimum absolute atomic E-state index is 1.12. The molecule has 1 rings (SSSR count). The molecule has 0 radical (unpaired) electrons. The van der Waals surface area contributed by atoms with Crippen molar-refractivity contribution in [3.05, 3.63) is 15.6 Å². The summed E-state index contributed by atoms with van der Waals surface area (Å²) in [6.45, 7) is 14.3. The monoisotopic (exact) mass is 201 g/mol. The highest BCUT2D eigenvalue weighted by molar-refractivity contribution is 7.11. The van der Waals surface area contributed by atoms with Crippen molar-refractivity contribution in [1.82, 2.24) is 4.98 Å². The van der Waals surface area contributed by atoms with Crippen molar-refractivity contribution in [3.63, 3.8) is 0 Å². The molecule has 0 saturated heterocycles. The van der Waals surface area contributed by atoms with Gasteiger partial charge >= 0.3 is 0 Å². The Hall–Kier alpha value is -0.370. The lowest BCUT2D eigenvalue weighted by molar-refractivity contribution is 1.10. The summed E-state index contributed by atoms with van der Waals surface area (Å²) >= 11 is 1.80. The molecule has 78 valence electrons. The molecule has 0 bridgehead atoms. The predicted octanol–water partition coefficient (Wildman–Crippen LogP) is 4.37. The second kappa shape index (κ2) is 9.72. The Morgan fingerprint density at radius 2 is 1.54 bits per heavy atom. The van der Waals surface area contributed by atoms with Gasteiger partial charge in [-0.2, -0.15) is 0 Å². The Bertz CT molecular complexity index is 204. The summed E-state index contributed by atoms with van der Waals surface area (Å²) in [6.07, 6.45) is 1.12. The Kier molecular flexibility index (Phi) is 11.3. The molecular weight excluding hydrogens is 178 g/mol. The van der Waals surface area contributed by atoms with Gasteiger partial charge in [0, 0.05) is 4.88 Å². The lowest BCUT2D eigenvalue weighted by Gasteiger charge is -1.85. The number of aromatic nitrogens is 1. The van der Waals surface area contributed by atoms with E-state index in [-0.39, 0.29) is 0 Å². The van der Waals surface area contributed by atoms with Gasteiger partial charge in [-0.1, -0.05) is 34.6 Å². The third-order valence-corrected chi connectivity index (χ3v) is 2.54. The first-order valence-electron chi connectivity index (χ1n) is 5.17. The summed E-state index contributed by atoms with van der Waals surface area (Å²) in [5.74, 6) is 0. The molecule has 13 heavy (non-hydrogen) atoms. The molecule has 1 aromatic rings. The quantitative estimate of drug-likeness (QED) is 0.657. The second-order valence-electron chi connectivity index (χ2n) is 2.10. The lowest BCUT2D eigenvalue weighted by Crippen LogP contribution is -1.77. The number of hydrogen-bond donors (Lipinski definition) is 0. The summed E-state index contributed by atoms with van der Waals surface area (Å²) in [4.78, 5) is 5.72. The molecule has 2 heteroatoms. The molecule has 0 N–H and O–H groups in total. The molecule has 0 spiro atoms. The summed E-state index contributed by atoms with van der Waals surface area (Å²) < 4.78 is 0. The SMILES string of the molecule is CC.CC.CCc1sc(C)nc1C. The van der Waals surface area contributed by atoms with Crippen molar-refractivity contribution in [3.8, 4) is 0 Å². The summed E-state index contributed by atoms with van der Waals surface area (Å²) in [5, 5.41) is 1.18. The zero-order chi connectivity index (χ0) is 10.9. The minimum Gasteiger partial charge on any atom is -0.247 e. The third kappa shape index (κ3) is 5.81. The topological polar surface area (TPSA) is 12.9 Å². The maximum Gasteiger partial charge on any atom is 0.0900 e. The molecule has 0 fully saturated rings. The van der Waals surface area contributed by atoms with E-state index in [1.807, 2.05) is 27.7 Å². The molecule has 0 aromatic carbocycles. The predicted molar refractivity (Wildman–Crippen MR) is 63.7 cm³/mol. The fraction of sp³-hybridized carbons (Fsp3) is 0.727. The zero-order valence-electron chi connectivity index (χ0n) is 10.1. The Labute approximate surface area is 87.2 Å². The Balaban J connectivity index is 0. The van der Waals surface area contributed by atoms with Gasteiger partial charge in [0.1, 0.15) is 0 Å². The summed E-state index contributed by atoms with van der Waals surface area (Å²) in [7, 11) is 0. The molecule has 1 aromatic heterocycles. The zero-order valence-corrected chi connectivity index (χ0v) is 10.9. The molecule has 0 aliphatic heterocycles. The Morgan fingerprint density at radius 3 is 1.69 bits per heavy atom. The van der Waals surface area contributed by atoms with Crippen molar-refractivity contribution in [2.24, 2.45) is 0 Å². The molecule has 0 saturated carbocycles. The average molecular weight is 201 g/mol. The van der Waals surface area contributed by atoms with Crippen LogP contribution in [0.1, 0.15) is 50.2 Å². The van der Waals surface area contributed by atoms with Gasteiger partial charge in [0.25, 0.3) is 0 Å². The first kappa shape index (κ1) is 15.1. The summed E-state index contributed by atoms with van der Waals surface area (Å²) in [5.41, 5.74) is 1.21. The van der Waals surface area contributed by atoms with Crippen LogP contribution >= 0.6 is 11.3 Å². The minimum atomic E-state index is 1.12. The van der Waals surface area contributed by atoms with Crippen LogP contribution < -0.4 is 0 Å². The fourth-order valence-electron chi connectivity index (χ4n) is 0.901. The molecule has 1 nitrogen and oxygen atoms in total. The van der Waals surface area contributed by atoms with Crippen LogP contribution in [0.25, 0.3) is 0 Å². The van der Waals surface area contributed by atoms with Gasteiger partial charge in [-0.25, -0.2) is 4.98 Å². The number of rotatable bonds is 1. The first-order chi connectivity index (χ1) is 6.24. The van der Waals surface area contributed by atoms with Gasteiger partial charge in [-0.15, -0.1) is 11.3 Å². The number of nitrogens with zero attached hydrogens (tertiary/aromatic N) is 1. The van der Waals surface area contributed by atoms with Crippen LogP contribution in [0.15, 0.2) is 0 Å². The molecule has 0 aliphatic rings. The van der Waals surface area contributed by atoms with Gasteiger partial charge in [0.15, 0.2) is 0 Å². The van der Waals surface area contributed by atoms with Crippen LogP contribution in [0.4, 0.5) is 0 Å². The standard InChI is InChI=1S/C7H11NS.2C2H6/c1-4-7-5(2)8-6(3)9-7;2*1-2/h4H2,1-3H3;2*1-2H3. The van der Waals surface area contributed by atoms with E-state index in [1.165, 1.54) is 15.6 Å². The van der Waals surface area contributed by atoms with Crippen molar-refractivity contribution in [1.29, 1.82) is 0 Å². The first-order valence-corrected chi connectivity index (χ1v) is 5.98. The van der Waals surface area contributed by atoms with E-state index in [1.54, 1.807) is 11.3 Å². The van der Waals surface area contributed by atoms with Crippen LogP contribution in [0.3, 0.4) is 0 Å². The van der Waals surface area contributed by atoms with E-state index < -0.39 is 0 Å². The van der Waals surface area contributed by atoms with Crippen LogP contribution in [-0.2, 0) is 6.42 Å². The molecule has 0 aliphatic carbocycles. The molecule has 1 heterocycles. The molecule has 0 amide bonds. The van der Waals surface area contributed by atoms with Gasteiger partial charge in [-0.05, 0) is 20.3 Å². The van der Waals surface area contributed by atoms with Gasteiger partial charge < -0.3 is 0 Å². The van der Waals surface area contributed by atoms with Crippen molar-refractivity contribution in [2.75, 3.05) is 0 Å². The van der Waals surface area contributed by atoms with Crippen molar-refractivity contribution in [2.45, 2.75) is 54.9 Å².